The lowest BCUT2D eigenvalue weighted by Gasteiger charge is -2.30. The van der Waals surface area contributed by atoms with E-state index in [0.29, 0.717) is 6.54 Å². The number of fused-ring (bicyclic) bond motifs is 1. The van der Waals surface area contributed by atoms with Gasteiger partial charge in [-0.25, -0.2) is 4.98 Å². The molecule has 4 nitrogen and oxygen atoms in total. The highest BCUT2D eigenvalue weighted by Crippen LogP contribution is 2.38. The molecule has 126 valence electrons. The van der Waals surface area contributed by atoms with Crippen molar-refractivity contribution in [2.24, 2.45) is 0 Å². The van der Waals surface area contributed by atoms with Gasteiger partial charge in [0.05, 0.1) is 22.9 Å². The van der Waals surface area contributed by atoms with E-state index in [0.717, 1.165) is 33.3 Å². The van der Waals surface area contributed by atoms with Crippen molar-refractivity contribution >= 4 is 22.9 Å². The number of thiazole rings is 1. The molecule has 0 unspecified atom stereocenters. The van der Waals surface area contributed by atoms with Crippen molar-refractivity contribution in [3.63, 3.8) is 0 Å². The van der Waals surface area contributed by atoms with Gasteiger partial charge >= 0.3 is 0 Å². The Kier molecular flexibility index (Phi) is 4.01. The zero-order chi connectivity index (χ0) is 17.4. The van der Waals surface area contributed by atoms with Gasteiger partial charge in [0.25, 0.3) is 5.91 Å². The lowest BCUT2D eigenvalue weighted by Crippen LogP contribution is -2.38. The van der Waals surface area contributed by atoms with Gasteiger partial charge in [-0.1, -0.05) is 30.3 Å². The molecule has 0 saturated heterocycles. The van der Waals surface area contributed by atoms with Crippen molar-refractivity contribution in [3.8, 4) is 17.0 Å². The first-order valence-electron chi connectivity index (χ1n) is 8.17. The number of hydrogen-bond acceptors (Lipinski definition) is 4. The number of anilines is 1. The first kappa shape index (κ1) is 15.8. The molecule has 1 amide bonds. The van der Waals surface area contributed by atoms with E-state index in [4.69, 9.17) is 4.74 Å². The Morgan fingerprint density at radius 2 is 1.96 bits per heavy atom. The molecule has 2 heterocycles. The van der Waals surface area contributed by atoms with Crippen LogP contribution in [0.25, 0.3) is 11.3 Å². The summed E-state index contributed by atoms with van der Waals surface area (Å²) in [4.78, 5) is 20.1. The van der Waals surface area contributed by atoms with Crippen LogP contribution < -0.4 is 9.64 Å². The van der Waals surface area contributed by atoms with Gasteiger partial charge in [0.2, 0.25) is 0 Å². The van der Waals surface area contributed by atoms with Crippen molar-refractivity contribution in [1.82, 2.24) is 4.98 Å². The Morgan fingerprint density at radius 1 is 1.16 bits per heavy atom. The second kappa shape index (κ2) is 6.33. The maximum absolute atomic E-state index is 12.5. The molecule has 25 heavy (non-hydrogen) atoms. The third kappa shape index (κ3) is 3.03. The Labute approximate surface area is 150 Å². The van der Waals surface area contributed by atoms with Crippen LogP contribution in [0.2, 0.25) is 0 Å². The van der Waals surface area contributed by atoms with E-state index in [2.05, 4.69) is 11.9 Å². The van der Waals surface area contributed by atoms with Gasteiger partial charge in [0.15, 0.2) is 6.61 Å². The summed E-state index contributed by atoms with van der Waals surface area (Å²) in [6, 6.07) is 16.0. The number of aryl methyl sites for hydroxylation is 2. The van der Waals surface area contributed by atoms with Gasteiger partial charge in [0.1, 0.15) is 5.75 Å². The van der Waals surface area contributed by atoms with E-state index < -0.39 is 0 Å². The van der Waals surface area contributed by atoms with Crippen LogP contribution >= 0.6 is 11.3 Å². The summed E-state index contributed by atoms with van der Waals surface area (Å²) in [5.41, 5.74) is 3.89. The lowest BCUT2D eigenvalue weighted by atomic mass is 10.1. The Balaban J connectivity index is 1.75. The van der Waals surface area contributed by atoms with Gasteiger partial charge in [0, 0.05) is 10.4 Å². The summed E-state index contributed by atoms with van der Waals surface area (Å²) >= 11 is 1.68. The van der Waals surface area contributed by atoms with Crippen molar-refractivity contribution in [1.29, 1.82) is 0 Å². The zero-order valence-electron chi connectivity index (χ0n) is 14.2. The topological polar surface area (TPSA) is 42.4 Å². The molecule has 1 aromatic heterocycles. The summed E-state index contributed by atoms with van der Waals surface area (Å²) in [5, 5.41) is 1.04. The molecule has 0 atom stereocenters. The molecule has 0 bridgehead atoms. The summed E-state index contributed by atoms with van der Waals surface area (Å²) in [6.07, 6.45) is 0. The highest BCUT2D eigenvalue weighted by atomic mass is 32.1. The number of nitrogens with zero attached hydrogens (tertiary/aromatic N) is 2. The van der Waals surface area contributed by atoms with Crippen molar-refractivity contribution in [2.75, 3.05) is 11.5 Å². The van der Waals surface area contributed by atoms with E-state index in [9.17, 15) is 4.79 Å². The third-order valence-corrected chi connectivity index (χ3v) is 5.15. The van der Waals surface area contributed by atoms with Crippen molar-refractivity contribution in [3.05, 3.63) is 64.0 Å². The molecule has 0 aliphatic carbocycles. The van der Waals surface area contributed by atoms with E-state index in [1.165, 1.54) is 4.88 Å². The average molecular weight is 350 g/mol. The van der Waals surface area contributed by atoms with Crippen LogP contribution in [-0.4, -0.2) is 17.5 Å². The second-order valence-electron chi connectivity index (χ2n) is 6.07. The van der Waals surface area contributed by atoms with Crippen LogP contribution in [0, 0.1) is 13.8 Å². The average Bonchev–Trinajstić information content (AvgIpc) is 2.96. The number of rotatable bonds is 3. The van der Waals surface area contributed by atoms with Gasteiger partial charge in [-0.3, -0.25) is 4.79 Å². The van der Waals surface area contributed by atoms with Crippen molar-refractivity contribution in [2.45, 2.75) is 20.4 Å². The predicted octanol–water partition coefficient (Wildman–Crippen LogP) is 4.35. The number of amides is 1. The normalized spacial score (nSPS) is 13.5. The Bertz CT molecular complexity index is 934. The largest absolute Gasteiger partial charge is 0.482 e. The number of carbonyl (C=O) groups is 1. The van der Waals surface area contributed by atoms with Gasteiger partial charge in [-0.2, -0.15) is 0 Å². The van der Waals surface area contributed by atoms with Crippen LogP contribution in [0.5, 0.6) is 5.75 Å². The number of benzene rings is 2. The fourth-order valence-electron chi connectivity index (χ4n) is 3.09. The summed E-state index contributed by atoms with van der Waals surface area (Å²) in [6.45, 7) is 4.69. The minimum absolute atomic E-state index is 0.0281. The van der Waals surface area contributed by atoms with Crippen LogP contribution in [0.1, 0.15) is 15.4 Å². The summed E-state index contributed by atoms with van der Waals surface area (Å²) in [7, 11) is 0. The highest BCUT2D eigenvalue weighted by Gasteiger charge is 2.26. The second-order valence-corrected chi connectivity index (χ2v) is 7.48. The predicted molar refractivity (Wildman–Crippen MR) is 100 cm³/mol. The Morgan fingerprint density at radius 3 is 2.68 bits per heavy atom. The van der Waals surface area contributed by atoms with E-state index >= 15 is 0 Å². The summed E-state index contributed by atoms with van der Waals surface area (Å²) < 4.78 is 5.62. The number of ether oxygens (including phenoxy) is 1. The lowest BCUT2D eigenvalue weighted by molar-refractivity contribution is -0.121. The number of hydrogen-bond donors (Lipinski definition) is 0. The summed E-state index contributed by atoms with van der Waals surface area (Å²) in [5.74, 6) is 0.712. The van der Waals surface area contributed by atoms with Crippen molar-refractivity contribution < 1.29 is 9.53 Å². The van der Waals surface area contributed by atoms with Gasteiger partial charge in [-0.15, -0.1) is 11.3 Å². The first-order chi connectivity index (χ1) is 12.1. The van der Waals surface area contributed by atoms with E-state index in [-0.39, 0.29) is 12.5 Å². The monoisotopic (exact) mass is 350 g/mol. The quantitative estimate of drug-likeness (QED) is 0.705. The molecule has 0 saturated carbocycles. The van der Waals surface area contributed by atoms with E-state index in [1.54, 1.807) is 16.2 Å². The maximum atomic E-state index is 12.5. The molecule has 3 aromatic rings. The fraction of sp³-hybridized carbons (Fsp3) is 0.200. The van der Waals surface area contributed by atoms with E-state index in [1.807, 2.05) is 55.5 Å². The van der Waals surface area contributed by atoms with Crippen LogP contribution in [0.4, 0.5) is 5.69 Å². The van der Waals surface area contributed by atoms with Crippen LogP contribution in [0.3, 0.4) is 0 Å². The van der Waals surface area contributed by atoms with Crippen LogP contribution in [-0.2, 0) is 11.3 Å². The standard InChI is InChI=1S/C20H18N2O2S/c1-13-20(21-14(2)25-13)16-8-9-18-17(10-16)22(19(23)12-24-18)11-15-6-4-3-5-7-15/h3-10H,11-12H2,1-2H3. The fourth-order valence-corrected chi connectivity index (χ4v) is 3.93. The molecular formula is C20H18N2O2S. The zero-order valence-corrected chi connectivity index (χ0v) is 15.0. The molecule has 2 aromatic carbocycles. The molecule has 0 radical (unpaired) electrons. The molecule has 0 fully saturated rings. The molecule has 0 N–H and O–H groups in total. The minimum atomic E-state index is -0.0281. The van der Waals surface area contributed by atoms with Gasteiger partial charge < -0.3 is 9.64 Å². The van der Waals surface area contributed by atoms with Gasteiger partial charge in [-0.05, 0) is 37.6 Å². The highest BCUT2D eigenvalue weighted by molar-refractivity contribution is 7.11. The molecule has 0 spiro atoms. The molecule has 1 aliphatic rings. The van der Waals surface area contributed by atoms with Crippen LogP contribution in [0.15, 0.2) is 48.5 Å². The minimum Gasteiger partial charge on any atom is -0.482 e. The third-order valence-electron chi connectivity index (χ3n) is 4.26. The maximum Gasteiger partial charge on any atom is 0.265 e. The first-order valence-corrected chi connectivity index (χ1v) is 8.99. The smallest absolute Gasteiger partial charge is 0.265 e. The molecule has 4 rings (SSSR count). The molecule has 1 aliphatic heterocycles. The molecular weight excluding hydrogens is 332 g/mol. The number of aromatic nitrogens is 1. The SMILES string of the molecule is Cc1nc(-c2ccc3c(c2)N(Cc2ccccc2)C(=O)CO3)c(C)s1. The Hall–Kier alpha value is -2.66. The molecule has 5 heteroatoms. The number of carbonyl (C=O) groups excluding carboxylic acids is 1.